The highest BCUT2D eigenvalue weighted by Crippen LogP contribution is 2.64. The molecule has 5 aliphatic rings. The van der Waals surface area contributed by atoms with Crippen LogP contribution >= 0.6 is 0 Å². The van der Waals surface area contributed by atoms with E-state index in [2.05, 4.69) is 0 Å². The van der Waals surface area contributed by atoms with Crippen molar-refractivity contribution in [2.45, 2.75) is 44.9 Å². The van der Waals surface area contributed by atoms with Crippen LogP contribution in [0.2, 0.25) is 0 Å². The van der Waals surface area contributed by atoms with Gasteiger partial charge in [-0.05, 0) is 62.2 Å². The molecule has 0 radical (unpaired) electrons. The molecule has 17 heavy (non-hydrogen) atoms. The molecule has 3 nitrogen and oxygen atoms in total. The van der Waals surface area contributed by atoms with E-state index in [0.717, 1.165) is 18.3 Å². The van der Waals surface area contributed by atoms with Crippen molar-refractivity contribution in [2.24, 2.45) is 29.1 Å². The smallest absolute Gasteiger partial charge is 0.320 e. The van der Waals surface area contributed by atoms with Gasteiger partial charge in [0.2, 0.25) is 0 Å². The first-order valence-corrected chi connectivity index (χ1v) is 6.93. The van der Waals surface area contributed by atoms with E-state index in [4.69, 9.17) is 4.74 Å². The van der Waals surface area contributed by atoms with Crippen molar-refractivity contribution in [3.05, 3.63) is 0 Å². The Kier molecular flexibility index (Phi) is 1.85. The van der Waals surface area contributed by atoms with Gasteiger partial charge in [0.1, 0.15) is 0 Å². The van der Waals surface area contributed by atoms with Gasteiger partial charge in [-0.2, -0.15) is 0 Å². The first kappa shape index (κ1) is 10.1. The Bertz CT molecular complexity index is 370. The lowest BCUT2D eigenvalue weighted by Gasteiger charge is -2.60. The van der Waals surface area contributed by atoms with Gasteiger partial charge in [0.05, 0.1) is 5.41 Å². The average Bonchev–Trinajstić information content (AvgIpc) is 2.26. The van der Waals surface area contributed by atoms with Crippen LogP contribution in [0.5, 0.6) is 0 Å². The summed E-state index contributed by atoms with van der Waals surface area (Å²) in [5.74, 6) is 2.25. The van der Waals surface area contributed by atoms with Crippen LogP contribution in [-0.2, 0) is 14.3 Å². The molecule has 0 atom stereocenters. The fourth-order valence-electron chi connectivity index (χ4n) is 5.43. The highest BCUT2D eigenvalue weighted by molar-refractivity contribution is 5.92. The van der Waals surface area contributed by atoms with Gasteiger partial charge in [0.25, 0.3) is 0 Å². The molecule has 0 aromatic carbocycles. The molecule has 4 saturated carbocycles. The van der Waals surface area contributed by atoms with Gasteiger partial charge >= 0.3 is 11.9 Å². The molecule has 1 spiro atoms. The molecule has 1 heterocycles. The molecule has 92 valence electrons. The van der Waals surface area contributed by atoms with Crippen molar-refractivity contribution in [1.29, 1.82) is 0 Å². The summed E-state index contributed by atoms with van der Waals surface area (Å²) in [5.41, 5.74) is -0.263. The number of carbonyl (C=O) groups excluding carboxylic acids is 2. The summed E-state index contributed by atoms with van der Waals surface area (Å²) in [6.07, 6.45) is 7.42. The second-order valence-electron chi connectivity index (χ2n) is 6.61. The molecule has 1 aliphatic heterocycles. The molecule has 0 N–H and O–H groups in total. The van der Waals surface area contributed by atoms with Gasteiger partial charge in [-0.1, -0.05) is 0 Å². The number of carbonyl (C=O) groups is 2. The van der Waals surface area contributed by atoms with E-state index < -0.39 is 0 Å². The van der Waals surface area contributed by atoms with E-state index in [-0.39, 0.29) is 17.4 Å². The van der Waals surface area contributed by atoms with Crippen LogP contribution in [0.1, 0.15) is 44.9 Å². The molecule has 4 bridgehead atoms. The predicted octanol–water partition coefficient (Wildman–Crippen LogP) is 2.29. The van der Waals surface area contributed by atoms with Crippen LogP contribution < -0.4 is 0 Å². The van der Waals surface area contributed by atoms with Crippen molar-refractivity contribution < 1.29 is 14.3 Å². The first-order valence-electron chi connectivity index (χ1n) is 6.93. The molecular formula is C14H18O3. The minimum Gasteiger partial charge on any atom is -0.393 e. The Morgan fingerprint density at radius 1 is 0.941 bits per heavy atom. The van der Waals surface area contributed by atoms with Crippen molar-refractivity contribution in [2.75, 3.05) is 0 Å². The molecule has 0 aromatic rings. The Balaban J connectivity index is 1.73. The van der Waals surface area contributed by atoms with Crippen LogP contribution in [0, 0.1) is 29.1 Å². The average molecular weight is 234 g/mol. The molecule has 0 aromatic heterocycles. The summed E-state index contributed by atoms with van der Waals surface area (Å²) in [5, 5.41) is 0. The fraction of sp³-hybridized carbons (Fsp3) is 0.857. The molecule has 5 rings (SSSR count). The van der Waals surface area contributed by atoms with E-state index >= 15 is 0 Å². The molecular weight excluding hydrogens is 216 g/mol. The van der Waals surface area contributed by atoms with E-state index in [0.29, 0.717) is 18.3 Å². The lowest BCUT2D eigenvalue weighted by atomic mass is 9.44. The summed E-state index contributed by atoms with van der Waals surface area (Å²) in [6.45, 7) is 0. The molecule has 4 aliphatic carbocycles. The zero-order chi connectivity index (χ0) is 11.6. The van der Waals surface area contributed by atoms with Gasteiger partial charge in [-0.15, -0.1) is 0 Å². The molecule has 3 heteroatoms. The van der Waals surface area contributed by atoms with Crippen LogP contribution in [0.15, 0.2) is 0 Å². The summed E-state index contributed by atoms with van der Waals surface area (Å²) >= 11 is 0. The van der Waals surface area contributed by atoms with Crippen LogP contribution in [0.4, 0.5) is 0 Å². The molecule has 0 amide bonds. The maximum Gasteiger partial charge on any atom is 0.320 e. The number of hydrogen-bond acceptors (Lipinski definition) is 3. The van der Waals surface area contributed by atoms with Crippen LogP contribution in [0.3, 0.4) is 0 Å². The van der Waals surface area contributed by atoms with E-state index in [1.54, 1.807) is 0 Å². The van der Waals surface area contributed by atoms with E-state index in [1.165, 1.54) is 32.1 Å². The van der Waals surface area contributed by atoms with Crippen LogP contribution in [0.25, 0.3) is 0 Å². The SMILES string of the molecule is O=C1CCC2(C(=O)O1)C1CC3CC(C1)CC2C3. The number of rotatable bonds is 0. The van der Waals surface area contributed by atoms with Gasteiger partial charge < -0.3 is 4.74 Å². The zero-order valence-electron chi connectivity index (χ0n) is 9.98. The second-order valence-corrected chi connectivity index (χ2v) is 6.61. The maximum atomic E-state index is 12.3. The van der Waals surface area contributed by atoms with E-state index in [9.17, 15) is 9.59 Å². The second kappa shape index (κ2) is 3.12. The predicted molar refractivity (Wildman–Crippen MR) is 59.8 cm³/mol. The molecule has 1 saturated heterocycles. The third-order valence-corrected chi connectivity index (χ3v) is 5.92. The standard InChI is InChI=1S/C14H18O3/c15-12-1-2-14(13(16)17-12)10-4-8-3-9(6-10)7-11(14)5-8/h8-11H,1-7H2. The maximum absolute atomic E-state index is 12.3. The molecule has 5 fully saturated rings. The van der Waals surface area contributed by atoms with Gasteiger partial charge in [-0.25, -0.2) is 0 Å². The number of esters is 2. The first-order chi connectivity index (χ1) is 8.18. The highest BCUT2D eigenvalue weighted by atomic mass is 16.6. The van der Waals surface area contributed by atoms with E-state index in [1.807, 2.05) is 0 Å². The van der Waals surface area contributed by atoms with Crippen LogP contribution in [-0.4, -0.2) is 11.9 Å². The Labute approximate surface area is 101 Å². The third-order valence-electron chi connectivity index (χ3n) is 5.92. The van der Waals surface area contributed by atoms with Gasteiger partial charge in [-0.3, -0.25) is 9.59 Å². The lowest BCUT2D eigenvalue weighted by Crippen LogP contribution is -2.59. The number of ether oxygens (including phenoxy) is 1. The summed E-state index contributed by atoms with van der Waals surface area (Å²) < 4.78 is 4.99. The Morgan fingerprint density at radius 3 is 2.06 bits per heavy atom. The normalized spacial score (nSPS) is 52.0. The Hall–Kier alpha value is -0.860. The summed E-state index contributed by atoms with van der Waals surface area (Å²) in [6, 6.07) is 0. The Morgan fingerprint density at radius 2 is 1.53 bits per heavy atom. The van der Waals surface area contributed by atoms with Crippen molar-refractivity contribution in [3.63, 3.8) is 0 Å². The number of hydrogen-bond donors (Lipinski definition) is 0. The largest absolute Gasteiger partial charge is 0.393 e. The lowest BCUT2D eigenvalue weighted by molar-refractivity contribution is -0.198. The van der Waals surface area contributed by atoms with Gasteiger partial charge in [0, 0.05) is 6.42 Å². The number of cyclic esters (lactones) is 2. The molecule has 0 unspecified atom stereocenters. The van der Waals surface area contributed by atoms with Crippen molar-refractivity contribution >= 4 is 11.9 Å². The minimum atomic E-state index is -0.311. The monoisotopic (exact) mass is 234 g/mol. The minimum absolute atomic E-state index is 0.178. The zero-order valence-corrected chi connectivity index (χ0v) is 9.98. The quantitative estimate of drug-likeness (QED) is 0.477. The van der Waals surface area contributed by atoms with Crippen molar-refractivity contribution in [1.82, 2.24) is 0 Å². The van der Waals surface area contributed by atoms with Gasteiger partial charge in [0.15, 0.2) is 0 Å². The summed E-state index contributed by atoms with van der Waals surface area (Å²) in [7, 11) is 0. The topological polar surface area (TPSA) is 43.4 Å². The third kappa shape index (κ3) is 1.18. The summed E-state index contributed by atoms with van der Waals surface area (Å²) in [4.78, 5) is 23.5. The van der Waals surface area contributed by atoms with Crippen molar-refractivity contribution in [3.8, 4) is 0 Å². The highest BCUT2D eigenvalue weighted by Gasteiger charge is 2.62. The fourth-order valence-corrected chi connectivity index (χ4v) is 5.43.